The molecule has 3 rings (SSSR count). The second kappa shape index (κ2) is 6.96. The van der Waals surface area contributed by atoms with E-state index in [1.165, 1.54) is 11.3 Å². The third kappa shape index (κ3) is 3.62. The first kappa shape index (κ1) is 15.7. The molecule has 0 fully saturated rings. The molecule has 0 aliphatic carbocycles. The third-order valence-electron chi connectivity index (χ3n) is 4.01. The van der Waals surface area contributed by atoms with Gasteiger partial charge in [0.25, 0.3) is 0 Å². The highest BCUT2D eigenvalue weighted by molar-refractivity contribution is 7.12. The van der Waals surface area contributed by atoms with E-state index < -0.39 is 0 Å². The summed E-state index contributed by atoms with van der Waals surface area (Å²) in [6.45, 7) is 2.98. The molecule has 120 valence electrons. The maximum Gasteiger partial charge on any atom is 0.223 e. The molecule has 0 bridgehead atoms. The lowest BCUT2D eigenvalue weighted by Crippen LogP contribution is -2.39. The zero-order valence-corrected chi connectivity index (χ0v) is 13.8. The van der Waals surface area contributed by atoms with Gasteiger partial charge < -0.3 is 9.64 Å². The number of ketones is 1. The van der Waals surface area contributed by atoms with Crippen LogP contribution < -0.4 is 4.74 Å². The summed E-state index contributed by atoms with van der Waals surface area (Å²) in [7, 11) is 0. The summed E-state index contributed by atoms with van der Waals surface area (Å²) in [5, 5.41) is 1.88. The molecular formula is C18H19NO3S. The molecule has 5 heteroatoms. The van der Waals surface area contributed by atoms with Crippen LogP contribution in [-0.2, 0) is 11.3 Å². The number of carbonyl (C=O) groups is 2. The number of hydrogen-bond donors (Lipinski definition) is 0. The summed E-state index contributed by atoms with van der Waals surface area (Å²) in [6, 6.07) is 11.4. The molecule has 0 spiro atoms. The van der Waals surface area contributed by atoms with Crippen LogP contribution in [0.4, 0.5) is 0 Å². The van der Waals surface area contributed by atoms with Gasteiger partial charge in [-0.05, 0) is 24.4 Å². The first-order chi connectivity index (χ1) is 11.1. The molecule has 1 amide bonds. The van der Waals surface area contributed by atoms with Gasteiger partial charge in [-0.15, -0.1) is 11.3 Å². The maximum absolute atomic E-state index is 12.6. The van der Waals surface area contributed by atoms with E-state index in [4.69, 9.17) is 4.74 Å². The van der Waals surface area contributed by atoms with Gasteiger partial charge in [-0.1, -0.05) is 24.3 Å². The number of amides is 1. The lowest BCUT2D eigenvalue weighted by Gasteiger charge is -2.26. The maximum atomic E-state index is 12.6. The Morgan fingerprint density at radius 3 is 2.83 bits per heavy atom. The summed E-state index contributed by atoms with van der Waals surface area (Å²) < 4.78 is 5.77. The number of rotatable bonds is 4. The lowest BCUT2D eigenvalue weighted by molar-refractivity contribution is -0.134. The predicted molar refractivity (Wildman–Crippen MR) is 89.8 cm³/mol. The van der Waals surface area contributed by atoms with Gasteiger partial charge in [-0.2, -0.15) is 0 Å². The van der Waals surface area contributed by atoms with Crippen LogP contribution in [0.5, 0.6) is 5.75 Å². The molecular weight excluding hydrogens is 310 g/mol. The average molecular weight is 329 g/mol. The second-order valence-electron chi connectivity index (χ2n) is 5.69. The fourth-order valence-electron chi connectivity index (χ4n) is 2.67. The van der Waals surface area contributed by atoms with Crippen LogP contribution in [0.3, 0.4) is 0 Å². The zero-order chi connectivity index (χ0) is 16.2. The number of fused-ring (bicyclic) bond motifs is 1. The van der Waals surface area contributed by atoms with Crippen molar-refractivity contribution in [2.45, 2.75) is 32.4 Å². The van der Waals surface area contributed by atoms with Crippen LogP contribution in [-0.4, -0.2) is 29.2 Å². The van der Waals surface area contributed by atoms with Crippen LogP contribution >= 0.6 is 11.3 Å². The number of thiophene rings is 1. The Kier molecular flexibility index (Phi) is 4.76. The highest BCUT2D eigenvalue weighted by Gasteiger charge is 2.25. The minimum atomic E-state index is -0.00765. The fourth-order valence-corrected chi connectivity index (χ4v) is 3.37. The van der Waals surface area contributed by atoms with Gasteiger partial charge in [0.15, 0.2) is 5.78 Å². The number of carbonyl (C=O) groups excluding carboxylic acids is 2. The molecule has 23 heavy (non-hydrogen) atoms. The second-order valence-corrected chi connectivity index (χ2v) is 6.64. The molecule has 4 nitrogen and oxygen atoms in total. The van der Waals surface area contributed by atoms with E-state index >= 15 is 0 Å². The van der Waals surface area contributed by atoms with Gasteiger partial charge in [0.05, 0.1) is 10.9 Å². The molecule has 0 saturated carbocycles. The molecule has 1 aliphatic heterocycles. The molecule has 1 aromatic heterocycles. The van der Waals surface area contributed by atoms with Crippen LogP contribution in [0.2, 0.25) is 0 Å². The van der Waals surface area contributed by atoms with Crippen molar-refractivity contribution in [3.63, 3.8) is 0 Å². The number of benzene rings is 1. The molecule has 0 N–H and O–H groups in total. The standard InChI is InChI=1S/C18H19NO3S/c1-13-12-22-16-6-3-2-5-14(16)11-19(13)18(21)9-8-15(20)17-7-4-10-23-17/h2-7,10,13H,8-9,11-12H2,1H3. The summed E-state index contributed by atoms with van der Waals surface area (Å²) in [4.78, 5) is 27.2. The van der Waals surface area contributed by atoms with E-state index in [2.05, 4.69) is 0 Å². The number of para-hydroxylation sites is 1. The van der Waals surface area contributed by atoms with E-state index in [0.717, 1.165) is 16.2 Å². The zero-order valence-electron chi connectivity index (χ0n) is 13.0. The van der Waals surface area contributed by atoms with E-state index in [0.29, 0.717) is 13.2 Å². The van der Waals surface area contributed by atoms with E-state index in [-0.39, 0.29) is 30.6 Å². The van der Waals surface area contributed by atoms with E-state index in [1.807, 2.05) is 47.5 Å². The van der Waals surface area contributed by atoms with Crippen molar-refractivity contribution < 1.29 is 14.3 Å². The highest BCUT2D eigenvalue weighted by Crippen LogP contribution is 2.25. The van der Waals surface area contributed by atoms with Crippen molar-refractivity contribution in [1.29, 1.82) is 0 Å². The minimum absolute atomic E-state index is 0.00251. The number of ether oxygens (including phenoxy) is 1. The van der Waals surface area contributed by atoms with Crippen molar-refractivity contribution in [3.8, 4) is 5.75 Å². The van der Waals surface area contributed by atoms with Crippen molar-refractivity contribution in [3.05, 3.63) is 52.2 Å². The fraction of sp³-hybridized carbons (Fsp3) is 0.333. The Hall–Kier alpha value is -2.14. The Morgan fingerprint density at radius 1 is 1.22 bits per heavy atom. The van der Waals surface area contributed by atoms with Crippen molar-refractivity contribution in [2.75, 3.05) is 6.61 Å². The third-order valence-corrected chi connectivity index (χ3v) is 4.92. The number of nitrogens with zero attached hydrogens (tertiary/aromatic N) is 1. The normalized spacial score (nSPS) is 17.1. The topological polar surface area (TPSA) is 46.6 Å². The first-order valence-electron chi connectivity index (χ1n) is 7.72. The number of Topliss-reactive ketones (excluding diaryl/α,β-unsaturated/α-hetero) is 1. The quantitative estimate of drug-likeness (QED) is 0.806. The summed E-state index contributed by atoms with van der Waals surface area (Å²) in [5.41, 5.74) is 1.01. The Labute approximate surface area is 139 Å². The van der Waals surface area contributed by atoms with Gasteiger partial charge in [0.1, 0.15) is 12.4 Å². The molecule has 0 saturated heterocycles. The lowest BCUT2D eigenvalue weighted by atomic mass is 10.1. The van der Waals surface area contributed by atoms with Gasteiger partial charge in [0, 0.05) is 24.9 Å². The average Bonchev–Trinajstić information content (AvgIpc) is 3.05. The molecule has 2 aromatic rings. The molecule has 1 aliphatic rings. The summed E-state index contributed by atoms with van der Waals surface area (Å²) >= 11 is 1.42. The summed E-state index contributed by atoms with van der Waals surface area (Å²) in [6.07, 6.45) is 0.494. The molecule has 1 unspecified atom stereocenters. The monoisotopic (exact) mass is 329 g/mol. The van der Waals surface area contributed by atoms with Crippen molar-refractivity contribution in [1.82, 2.24) is 4.90 Å². The molecule has 1 atom stereocenters. The SMILES string of the molecule is CC1COc2ccccc2CN1C(=O)CCC(=O)c1cccs1. The van der Waals surface area contributed by atoms with Crippen LogP contribution in [0, 0.1) is 0 Å². The summed E-state index contributed by atoms with van der Waals surface area (Å²) in [5.74, 6) is 0.875. The predicted octanol–water partition coefficient (Wildman–Crippen LogP) is 3.52. The first-order valence-corrected chi connectivity index (χ1v) is 8.60. The van der Waals surface area contributed by atoms with E-state index in [1.54, 1.807) is 6.07 Å². The smallest absolute Gasteiger partial charge is 0.223 e. The molecule has 1 aromatic carbocycles. The number of hydrogen-bond acceptors (Lipinski definition) is 4. The van der Waals surface area contributed by atoms with E-state index in [9.17, 15) is 9.59 Å². The van der Waals surface area contributed by atoms with Gasteiger partial charge in [-0.3, -0.25) is 9.59 Å². The largest absolute Gasteiger partial charge is 0.491 e. The highest BCUT2D eigenvalue weighted by atomic mass is 32.1. The Bertz CT molecular complexity index is 696. The minimum Gasteiger partial charge on any atom is -0.491 e. The van der Waals surface area contributed by atoms with Gasteiger partial charge in [0.2, 0.25) is 5.91 Å². The van der Waals surface area contributed by atoms with Gasteiger partial charge >= 0.3 is 0 Å². The molecule has 0 radical (unpaired) electrons. The Balaban J connectivity index is 1.65. The van der Waals surface area contributed by atoms with Crippen LogP contribution in [0.25, 0.3) is 0 Å². The van der Waals surface area contributed by atoms with Crippen molar-refractivity contribution in [2.24, 2.45) is 0 Å². The Morgan fingerprint density at radius 2 is 2.04 bits per heavy atom. The van der Waals surface area contributed by atoms with Crippen LogP contribution in [0.1, 0.15) is 35.0 Å². The van der Waals surface area contributed by atoms with Crippen molar-refractivity contribution >= 4 is 23.0 Å². The van der Waals surface area contributed by atoms with Crippen LogP contribution in [0.15, 0.2) is 41.8 Å². The molecule has 2 heterocycles. The van der Waals surface area contributed by atoms with Gasteiger partial charge in [-0.25, -0.2) is 0 Å².